The van der Waals surface area contributed by atoms with Gasteiger partial charge in [0.25, 0.3) is 0 Å². The molecule has 4 unspecified atom stereocenters. The van der Waals surface area contributed by atoms with Crippen molar-refractivity contribution in [1.29, 1.82) is 0 Å². The Bertz CT molecular complexity index is 1580. The summed E-state index contributed by atoms with van der Waals surface area (Å²) in [6, 6.07) is 0. The van der Waals surface area contributed by atoms with Crippen molar-refractivity contribution in [3.05, 3.63) is 0 Å². The average Bonchev–Trinajstić information content (AvgIpc) is 3.33. The molecule has 0 aliphatic carbocycles. The highest BCUT2D eigenvalue weighted by Gasteiger charge is 2.43. The molecular weight excluding hydrogens is 1020 g/mol. The minimum atomic E-state index is -5.48. The number of ether oxygens (including phenoxy) is 12. The Labute approximate surface area is 404 Å². The van der Waals surface area contributed by atoms with Crippen LogP contribution in [0.2, 0.25) is 0 Å². The third-order valence-electron chi connectivity index (χ3n) is 8.59. The molecule has 0 aromatic rings. The highest BCUT2D eigenvalue weighted by molar-refractivity contribution is 7.48. The fraction of sp³-hybridized carbons (Fsp3) is 0.838. The van der Waals surface area contributed by atoms with E-state index in [1.165, 1.54) is 0 Å². The molecule has 0 saturated heterocycles. The number of phosphoric acid groups is 3. The molecular formula is C37H67O30P3. The summed E-state index contributed by atoms with van der Waals surface area (Å²) < 4.78 is 131. The van der Waals surface area contributed by atoms with E-state index in [0.29, 0.717) is 0 Å². The van der Waals surface area contributed by atoms with Gasteiger partial charge in [-0.15, -0.1) is 0 Å². The van der Waals surface area contributed by atoms with Crippen molar-refractivity contribution < 1.29 is 141 Å². The van der Waals surface area contributed by atoms with Gasteiger partial charge in [-0.1, -0.05) is 0 Å². The van der Waals surface area contributed by atoms with Crippen LogP contribution in [0.4, 0.5) is 0 Å². The molecule has 3 N–H and O–H groups in total. The topological polar surface area (TPSA) is 380 Å². The molecule has 0 aliphatic heterocycles. The van der Waals surface area contributed by atoms with Crippen LogP contribution >= 0.6 is 23.5 Å². The first-order chi connectivity index (χ1) is 33.0. The number of phosphoric ester groups is 3. The smallest absolute Gasteiger partial charge is 0.469 e. The summed E-state index contributed by atoms with van der Waals surface area (Å²) in [6.07, 6.45) is -3.52. The molecule has 0 aliphatic rings. The fourth-order valence-electron chi connectivity index (χ4n) is 4.86. The number of hydrogen-bond acceptors (Lipinski definition) is 27. The van der Waals surface area contributed by atoms with Crippen LogP contribution in [0.5, 0.6) is 0 Å². The van der Waals surface area contributed by atoms with E-state index >= 15 is 0 Å². The number of rotatable bonds is 44. The van der Waals surface area contributed by atoms with E-state index in [0.717, 1.165) is 49.8 Å². The van der Waals surface area contributed by atoms with Crippen LogP contribution < -0.4 is 0 Å². The third kappa shape index (κ3) is 32.8. The van der Waals surface area contributed by atoms with Crippen LogP contribution in [-0.4, -0.2) is 211 Å². The molecule has 30 nitrogen and oxygen atoms in total. The SMILES string of the molecule is COC(=O)CCOCC(COCCC(=O)OC)(COCCC(=O)OC)COP(=O)(O)OCC(COP(=O)(O)OC(COCCC(=O)OC)(COCCC(=O)OC)COCCC(=O)OC)OP(=O)(O)OC. The molecule has 0 heterocycles. The Morgan fingerprint density at radius 2 is 0.686 bits per heavy atom. The Kier molecular flexibility index (Phi) is 35.1. The lowest BCUT2D eigenvalue weighted by atomic mass is 9.92. The summed E-state index contributed by atoms with van der Waals surface area (Å²) in [5.74, 6) is -3.94. The van der Waals surface area contributed by atoms with Gasteiger partial charge in [0.2, 0.25) is 0 Å². The number of carbonyl (C=O) groups excluding carboxylic acids is 6. The Hall–Kier alpha value is -3.09. The van der Waals surface area contributed by atoms with Crippen LogP contribution in [0.1, 0.15) is 38.5 Å². The second-order valence-electron chi connectivity index (χ2n) is 14.2. The lowest BCUT2D eigenvalue weighted by Gasteiger charge is -2.34. The van der Waals surface area contributed by atoms with E-state index in [4.69, 9.17) is 51.0 Å². The quantitative estimate of drug-likeness (QED) is 0.0325. The van der Waals surface area contributed by atoms with E-state index in [1.807, 2.05) is 0 Å². The van der Waals surface area contributed by atoms with Crippen molar-refractivity contribution >= 4 is 59.3 Å². The van der Waals surface area contributed by atoms with Crippen molar-refractivity contribution in [2.75, 3.05) is 149 Å². The molecule has 0 aromatic heterocycles. The lowest BCUT2D eigenvalue weighted by Crippen LogP contribution is -2.47. The summed E-state index contributed by atoms with van der Waals surface area (Å²) in [7, 11) is -8.26. The van der Waals surface area contributed by atoms with Crippen LogP contribution in [0.3, 0.4) is 0 Å². The first-order valence-electron chi connectivity index (χ1n) is 20.7. The molecule has 0 saturated carbocycles. The maximum Gasteiger partial charge on any atom is 0.473 e. The van der Waals surface area contributed by atoms with E-state index in [-0.39, 0.29) is 78.2 Å². The first kappa shape index (κ1) is 66.9. The first-order valence-corrected chi connectivity index (χ1v) is 25.2. The van der Waals surface area contributed by atoms with Gasteiger partial charge >= 0.3 is 59.3 Å². The van der Waals surface area contributed by atoms with E-state index in [9.17, 15) is 57.1 Å². The van der Waals surface area contributed by atoms with E-state index in [1.54, 1.807) is 0 Å². The maximum absolute atomic E-state index is 13.7. The predicted molar refractivity (Wildman–Crippen MR) is 230 cm³/mol. The van der Waals surface area contributed by atoms with Gasteiger partial charge in [0, 0.05) is 7.11 Å². The zero-order chi connectivity index (χ0) is 53.1. The maximum atomic E-state index is 13.7. The van der Waals surface area contributed by atoms with Crippen molar-refractivity contribution in [1.82, 2.24) is 0 Å². The normalized spacial score (nSPS) is 14.8. The summed E-state index contributed by atoms with van der Waals surface area (Å²) in [5, 5.41) is 0. The molecule has 0 radical (unpaired) electrons. The Morgan fingerprint density at radius 1 is 0.400 bits per heavy atom. The second kappa shape index (κ2) is 36.8. The Morgan fingerprint density at radius 3 is 0.971 bits per heavy atom. The van der Waals surface area contributed by atoms with Crippen LogP contribution in [0.25, 0.3) is 0 Å². The average molecular weight is 1080 g/mol. The number of methoxy groups -OCH3 is 6. The molecule has 410 valence electrons. The van der Waals surface area contributed by atoms with Crippen molar-refractivity contribution in [2.45, 2.75) is 50.2 Å². The van der Waals surface area contributed by atoms with Gasteiger partial charge in [0.05, 0.1) is 186 Å². The van der Waals surface area contributed by atoms with Crippen LogP contribution in [0.15, 0.2) is 0 Å². The molecule has 33 heteroatoms. The van der Waals surface area contributed by atoms with E-state index in [2.05, 4.69) is 32.9 Å². The van der Waals surface area contributed by atoms with Gasteiger partial charge in [-0.2, -0.15) is 0 Å². The highest BCUT2D eigenvalue weighted by atomic mass is 31.2. The number of esters is 6. The summed E-state index contributed by atoms with van der Waals surface area (Å²) >= 11 is 0. The van der Waals surface area contributed by atoms with Gasteiger partial charge in [-0.3, -0.25) is 55.9 Å². The monoisotopic (exact) mass is 1080 g/mol. The number of hydrogen-bond donors (Lipinski definition) is 3. The molecule has 0 aromatic carbocycles. The molecule has 0 spiro atoms. The Balaban J connectivity index is 6.59. The minimum absolute atomic E-state index is 0.214. The zero-order valence-corrected chi connectivity index (χ0v) is 42.8. The molecule has 0 fully saturated rings. The van der Waals surface area contributed by atoms with Crippen molar-refractivity contribution in [3.8, 4) is 0 Å². The fourth-order valence-corrected chi connectivity index (χ4v) is 7.37. The minimum Gasteiger partial charge on any atom is -0.469 e. The summed E-state index contributed by atoms with van der Waals surface area (Å²) in [4.78, 5) is 102. The molecule has 0 amide bonds. The highest BCUT2D eigenvalue weighted by Crippen LogP contribution is 2.51. The summed E-state index contributed by atoms with van der Waals surface area (Å²) in [6.45, 7) is -8.14. The molecule has 4 atom stereocenters. The number of carbonyl (C=O) groups is 6. The predicted octanol–water partition coefficient (Wildman–Crippen LogP) is 0.589. The van der Waals surface area contributed by atoms with Gasteiger partial charge in [-0.05, 0) is 0 Å². The largest absolute Gasteiger partial charge is 0.473 e. The van der Waals surface area contributed by atoms with Crippen LogP contribution in [0, 0.1) is 5.41 Å². The third-order valence-corrected chi connectivity index (χ3v) is 11.6. The van der Waals surface area contributed by atoms with Crippen molar-refractivity contribution in [2.24, 2.45) is 5.41 Å². The molecule has 0 rings (SSSR count). The summed E-state index contributed by atoms with van der Waals surface area (Å²) in [5.41, 5.74) is -3.70. The van der Waals surface area contributed by atoms with Crippen LogP contribution in [-0.2, 0) is 126 Å². The zero-order valence-electron chi connectivity index (χ0n) is 40.1. The lowest BCUT2D eigenvalue weighted by molar-refractivity contribution is -0.150. The second-order valence-corrected chi connectivity index (χ2v) is 18.6. The van der Waals surface area contributed by atoms with Gasteiger partial charge in [-0.25, -0.2) is 13.7 Å². The molecule has 70 heavy (non-hydrogen) atoms. The van der Waals surface area contributed by atoms with Gasteiger partial charge in [0.1, 0.15) is 11.7 Å². The van der Waals surface area contributed by atoms with Crippen molar-refractivity contribution in [3.63, 3.8) is 0 Å². The van der Waals surface area contributed by atoms with E-state index < -0.39 is 136 Å². The standard InChI is InChI=1S/C37H67O30P3/c1-50-30(38)8-14-57-22-36(23-58-15-9-31(39)51-2,24-59-16-10-32(40)52-3)25-65-69(46,47)63-20-29(66-68(44,45)56-7)21-64-70(48,49)67-37(26-60-17-11-33(41)53-4,27-61-18-12-34(42)54-5)28-62-19-13-35(43)55-6/h29H,8-28H2,1-7H3,(H,44,45)(H,46,47)(H,48,49). The molecule has 0 bridgehead atoms. The van der Waals surface area contributed by atoms with Gasteiger partial charge in [0.15, 0.2) is 0 Å². The van der Waals surface area contributed by atoms with Gasteiger partial charge < -0.3 is 71.5 Å².